The Kier molecular flexibility index (Phi) is 1.96. The molecule has 0 saturated carbocycles. The Hall–Kier alpha value is -1.84. The highest BCUT2D eigenvalue weighted by Gasteiger charge is 2.01. The third-order valence-corrected chi connectivity index (χ3v) is 2.15. The Labute approximate surface area is 80.7 Å². The quantitative estimate of drug-likeness (QED) is 0.672. The van der Waals surface area contributed by atoms with Gasteiger partial charge in [0.1, 0.15) is 5.75 Å². The maximum atomic E-state index is 11.6. The summed E-state index contributed by atoms with van der Waals surface area (Å²) >= 11 is 0. The molecule has 14 heavy (non-hydrogen) atoms. The molecule has 0 aliphatic heterocycles. The molecule has 72 valence electrons. The van der Waals surface area contributed by atoms with Gasteiger partial charge in [0.15, 0.2) is 0 Å². The molecule has 1 aromatic heterocycles. The second-order valence-corrected chi connectivity index (χ2v) is 3.03. The molecule has 0 spiro atoms. The van der Waals surface area contributed by atoms with E-state index in [4.69, 9.17) is 4.74 Å². The highest BCUT2D eigenvalue weighted by molar-refractivity contribution is 5.81. The van der Waals surface area contributed by atoms with Crippen LogP contribution in [0.5, 0.6) is 5.75 Å². The van der Waals surface area contributed by atoms with Crippen LogP contribution < -0.4 is 10.3 Å². The van der Waals surface area contributed by atoms with E-state index in [-0.39, 0.29) is 5.56 Å². The molecule has 0 amide bonds. The first-order valence-electron chi connectivity index (χ1n) is 4.22. The summed E-state index contributed by atoms with van der Waals surface area (Å²) in [6, 6.07) is 5.31. The van der Waals surface area contributed by atoms with Gasteiger partial charge >= 0.3 is 0 Å². The van der Waals surface area contributed by atoms with E-state index in [1.54, 1.807) is 38.6 Å². The number of fused-ring (bicyclic) bond motifs is 1. The molecule has 0 saturated heterocycles. The molecule has 2 aromatic rings. The van der Waals surface area contributed by atoms with Gasteiger partial charge in [-0.2, -0.15) is 5.10 Å². The van der Waals surface area contributed by atoms with E-state index < -0.39 is 0 Å². The van der Waals surface area contributed by atoms with Crippen molar-refractivity contribution in [1.29, 1.82) is 0 Å². The van der Waals surface area contributed by atoms with Gasteiger partial charge in [-0.15, -0.1) is 0 Å². The van der Waals surface area contributed by atoms with Crippen molar-refractivity contribution in [3.63, 3.8) is 0 Å². The standard InChI is InChI=1S/C10H10N2O2/c1-12-10(13)9-4-3-8(14-2)5-7(9)6-11-12/h3-6H,1-2H3. The van der Waals surface area contributed by atoms with Crippen molar-refractivity contribution >= 4 is 10.8 Å². The van der Waals surface area contributed by atoms with Crippen LogP contribution in [0.4, 0.5) is 0 Å². The average molecular weight is 190 g/mol. The molecule has 0 aliphatic rings. The summed E-state index contributed by atoms with van der Waals surface area (Å²) in [4.78, 5) is 11.6. The fourth-order valence-corrected chi connectivity index (χ4v) is 1.34. The largest absolute Gasteiger partial charge is 0.497 e. The highest BCUT2D eigenvalue weighted by atomic mass is 16.5. The third kappa shape index (κ3) is 1.25. The molecule has 0 fully saturated rings. The van der Waals surface area contributed by atoms with E-state index in [2.05, 4.69) is 5.10 Å². The van der Waals surface area contributed by atoms with Gasteiger partial charge in [-0.1, -0.05) is 0 Å². The van der Waals surface area contributed by atoms with Gasteiger partial charge in [0, 0.05) is 12.4 Å². The zero-order valence-electron chi connectivity index (χ0n) is 8.02. The Morgan fingerprint density at radius 3 is 2.93 bits per heavy atom. The van der Waals surface area contributed by atoms with E-state index in [0.29, 0.717) is 5.39 Å². The lowest BCUT2D eigenvalue weighted by molar-refractivity contribution is 0.415. The molecule has 4 nitrogen and oxygen atoms in total. The molecule has 1 heterocycles. The number of ether oxygens (including phenoxy) is 1. The molecule has 0 atom stereocenters. The fraction of sp³-hybridized carbons (Fsp3) is 0.200. The highest BCUT2D eigenvalue weighted by Crippen LogP contribution is 2.16. The van der Waals surface area contributed by atoms with Crippen LogP contribution in [0.2, 0.25) is 0 Å². The first-order valence-corrected chi connectivity index (χ1v) is 4.22. The summed E-state index contributed by atoms with van der Waals surface area (Å²) in [5, 5.41) is 5.39. The summed E-state index contributed by atoms with van der Waals surface area (Å²) < 4.78 is 6.37. The van der Waals surface area contributed by atoms with E-state index in [1.807, 2.05) is 0 Å². The van der Waals surface area contributed by atoms with Gasteiger partial charge in [-0.25, -0.2) is 4.68 Å². The fourth-order valence-electron chi connectivity index (χ4n) is 1.34. The van der Waals surface area contributed by atoms with Crippen molar-refractivity contribution in [2.75, 3.05) is 7.11 Å². The zero-order valence-corrected chi connectivity index (χ0v) is 8.02. The first-order chi connectivity index (χ1) is 6.72. The summed E-state index contributed by atoms with van der Waals surface area (Å²) in [5.41, 5.74) is -0.0925. The number of rotatable bonds is 1. The Balaban J connectivity index is 2.81. The first kappa shape index (κ1) is 8.74. The number of hydrogen-bond donors (Lipinski definition) is 0. The van der Waals surface area contributed by atoms with Crippen molar-refractivity contribution in [2.24, 2.45) is 7.05 Å². The maximum Gasteiger partial charge on any atom is 0.274 e. The van der Waals surface area contributed by atoms with Gasteiger partial charge in [0.25, 0.3) is 5.56 Å². The summed E-state index contributed by atoms with van der Waals surface area (Å²) in [7, 11) is 3.22. The smallest absolute Gasteiger partial charge is 0.274 e. The second-order valence-electron chi connectivity index (χ2n) is 3.03. The molecule has 4 heteroatoms. The monoisotopic (exact) mass is 190 g/mol. The minimum Gasteiger partial charge on any atom is -0.497 e. The predicted molar refractivity (Wildman–Crippen MR) is 53.5 cm³/mol. The van der Waals surface area contributed by atoms with Gasteiger partial charge in [0.2, 0.25) is 0 Å². The van der Waals surface area contributed by atoms with Crippen LogP contribution >= 0.6 is 0 Å². The summed E-state index contributed by atoms with van der Waals surface area (Å²) in [6.45, 7) is 0. The lowest BCUT2D eigenvalue weighted by Crippen LogP contribution is -2.18. The molecular formula is C10H10N2O2. The minimum absolute atomic E-state index is 0.0925. The summed E-state index contributed by atoms with van der Waals surface area (Å²) in [6.07, 6.45) is 1.65. The van der Waals surface area contributed by atoms with Crippen LogP contribution in [-0.2, 0) is 7.05 Å². The third-order valence-electron chi connectivity index (χ3n) is 2.15. The number of nitrogens with zero attached hydrogens (tertiary/aromatic N) is 2. The predicted octanol–water partition coefficient (Wildman–Crippen LogP) is 0.942. The van der Waals surface area contributed by atoms with Crippen molar-refractivity contribution in [2.45, 2.75) is 0 Å². The number of methoxy groups -OCH3 is 1. The second kappa shape index (κ2) is 3.14. The van der Waals surface area contributed by atoms with Crippen molar-refractivity contribution in [3.05, 3.63) is 34.7 Å². The Morgan fingerprint density at radius 2 is 2.21 bits per heavy atom. The molecule has 2 rings (SSSR count). The number of aromatic nitrogens is 2. The lowest BCUT2D eigenvalue weighted by Gasteiger charge is -2.02. The number of aryl methyl sites for hydroxylation is 1. The van der Waals surface area contributed by atoms with E-state index in [9.17, 15) is 4.79 Å². The Bertz CT molecular complexity index is 531. The molecule has 1 aromatic carbocycles. The van der Waals surface area contributed by atoms with Crippen LogP contribution in [0.15, 0.2) is 29.2 Å². The van der Waals surface area contributed by atoms with Gasteiger partial charge in [-0.3, -0.25) is 4.79 Å². The van der Waals surface area contributed by atoms with Crippen LogP contribution in [0.3, 0.4) is 0 Å². The molecule has 0 N–H and O–H groups in total. The Morgan fingerprint density at radius 1 is 1.43 bits per heavy atom. The number of benzene rings is 1. The van der Waals surface area contributed by atoms with Gasteiger partial charge in [-0.05, 0) is 18.2 Å². The summed E-state index contributed by atoms with van der Waals surface area (Å²) in [5.74, 6) is 0.729. The lowest BCUT2D eigenvalue weighted by atomic mass is 10.2. The van der Waals surface area contributed by atoms with E-state index in [0.717, 1.165) is 11.1 Å². The molecule has 0 radical (unpaired) electrons. The van der Waals surface area contributed by atoms with Gasteiger partial charge < -0.3 is 4.74 Å². The molecular weight excluding hydrogens is 180 g/mol. The molecule has 0 unspecified atom stereocenters. The van der Waals surface area contributed by atoms with E-state index >= 15 is 0 Å². The SMILES string of the molecule is COc1ccc2c(=O)n(C)ncc2c1. The van der Waals surface area contributed by atoms with Gasteiger partial charge in [0.05, 0.1) is 18.7 Å². The van der Waals surface area contributed by atoms with Crippen molar-refractivity contribution < 1.29 is 4.74 Å². The average Bonchev–Trinajstić information content (AvgIpc) is 2.23. The van der Waals surface area contributed by atoms with Crippen LogP contribution in [0, 0.1) is 0 Å². The van der Waals surface area contributed by atoms with Crippen LogP contribution in [-0.4, -0.2) is 16.9 Å². The van der Waals surface area contributed by atoms with Crippen molar-refractivity contribution in [1.82, 2.24) is 9.78 Å². The van der Waals surface area contributed by atoms with Crippen LogP contribution in [0.25, 0.3) is 10.8 Å². The maximum absolute atomic E-state index is 11.6. The number of hydrogen-bond acceptors (Lipinski definition) is 3. The molecule has 0 bridgehead atoms. The van der Waals surface area contributed by atoms with Crippen LogP contribution in [0.1, 0.15) is 0 Å². The minimum atomic E-state index is -0.0925. The van der Waals surface area contributed by atoms with Crippen molar-refractivity contribution in [3.8, 4) is 5.75 Å². The molecule has 0 aliphatic carbocycles. The topological polar surface area (TPSA) is 44.1 Å². The zero-order chi connectivity index (χ0) is 10.1. The van der Waals surface area contributed by atoms with E-state index in [1.165, 1.54) is 4.68 Å². The normalized spacial score (nSPS) is 10.4.